The van der Waals surface area contributed by atoms with Crippen molar-refractivity contribution >= 4 is 52.7 Å². The van der Waals surface area contributed by atoms with Crippen LogP contribution < -0.4 is 10.6 Å². The second-order valence-electron chi connectivity index (χ2n) is 6.50. The Morgan fingerprint density at radius 3 is 2.76 bits per heavy atom. The van der Waals surface area contributed by atoms with Gasteiger partial charge in [-0.2, -0.15) is 11.8 Å². The number of thioether (sulfide) groups is 1. The summed E-state index contributed by atoms with van der Waals surface area (Å²) in [7, 11) is 1.75. The highest BCUT2D eigenvalue weighted by molar-refractivity contribution is 14.0. The molecule has 3 N–H and O–H groups in total. The minimum absolute atomic E-state index is 0. The summed E-state index contributed by atoms with van der Waals surface area (Å²) in [6.45, 7) is 1.40. The summed E-state index contributed by atoms with van der Waals surface area (Å²) in [6.07, 6.45) is 3.83. The van der Waals surface area contributed by atoms with Gasteiger partial charge in [0.15, 0.2) is 5.96 Å². The number of aliphatic imine (C=N–C) groups is 1. The predicted molar refractivity (Wildman–Crippen MR) is 132 cm³/mol. The van der Waals surface area contributed by atoms with Crippen LogP contribution in [-0.4, -0.2) is 35.8 Å². The molecule has 0 radical (unpaired) electrons. The Labute approximate surface area is 192 Å². The Morgan fingerprint density at radius 2 is 2.00 bits per heavy atom. The normalized spacial score (nSPS) is 11.3. The van der Waals surface area contributed by atoms with Gasteiger partial charge in [-0.1, -0.05) is 18.2 Å². The number of rotatable bonds is 8. The number of nitrogens with zero attached hydrogens (tertiary/aromatic N) is 2. The average Bonchev–Trinajstić information content (AvgIpc) is 3.12. The minimum atomic E-state index is -0.194. The van der Waals surface area contributed by atoms with Crippen LogP contribution >= 0.6 is 35.7 Å². The molecule has 1 aromatic heterocycles. The maximum Gasteiger partial charge on any atom is 0.191 e. The van der Waals surface area contributed by atoms with Gasteiger partial charge < -0.3 is 15.6 Å². The van der Waals surface area contributed by atoms with Crippen LogP contribution in [0.4, 0.5) is 4.39 Å². The van der Waals surface area contributed by atoms with Crippen LogP contribution in [0.3, 0.4) is 0 Å². The third kappa shape index (κ3) is 6.88. The van der Waals surface area contributed by atoms with E-state index < -0.39 is 0 Å². The first kappa shape index (κ1) is 23.5. The summed E-state index contributed by atoms with van der Waals surface area (Å²) in [5.74, 6) is 2.34. The molecule has 0 atom stereocenters. The van der Waals surface area contributed by atoms with E-state index in [9.17, 15) is 4.39 Å². The maximum atomic E-state index is 13.5. The lowest BCUT2D eigenvalue weighted by Crippen LogP contribution is -2.37. The molecule has 156 valence electrons. The van der Waals surface area contributed by atoms with Crippen molar-refractivity contribution in [1.29, 1.82) is 0 Å². The number of H-pyrrole nitrogens is 1. The summed E-state index contributed by atoms with van der Waals surface area (Å²) >= 11 is 1.68. The molecule has 8 heteroatoms. The molecule has 2 aromatic carbocycles. The molecule has 0 bridgehead atoms. The molecule has 3 rings (SSSR count). The van der Waals surface area contributed by atoms with E-state index in [0.717, 1.165) is 59.1 Å². The summed E-state index contributed by atoms with van der Waals surface area (Å²) in [5.41, 5.74) is 4.17. The first-order valence-corrected chi connectivity index (χ1v) is 10.7. The van der Waals surface area contributed by atoms with Gasteiger partial charge in [-0.05, 0) is 48.1 Å². The molecule has 29 heavy (non-hydrogen) atoms. The highest BCUT2D eigenvalue weighted by atomic mass is 127. The molecule has 0 amide bonds. The van der Waals surface area contributed by atoms with Crippen LogP contribution in [0.15, 0.2) is 47.5 Å². The molecule has 0 unspecified atom stereocenters. The zero-order chi connectivity index (χ0) is 19.8. The van der Waals surface area contributed by atoms with E-state index in [1.165, 1.54) is 6.07 Å². The van der Waals surface area contributed by atoms with Crippen molar-refractivity contribution in [1.82, 2.24) is 20.6 Å². The van der Waals surface area contributed by atoms with Crippen LogP contribution in [0, 0.1) is 5.82 Å². The molecular formula is C21H27FIN5S. The molecular weight excluding hydrogens is 500 g/mol. The number of hydrogen-bond acceptors (Lipinski definition) is 3. The van der Waals surface area contributed by atoms with Crippen LogP contribution in [0.25, 0.3) is 11.0 Å². The van der Waals surface area contributed by atoms with Gasteiger partial charge in [0, 0.05) is 32.3 Å². The first-order chi connectivity index (χ1) is 13.7. The van der Waals surface area contributed by atoms with Crippen LogP contribution in [0.2, 0.25) is 0 Å². The number of guanidine groups is 1. The number of imidazole rings is 1. The summed E-state index contributed by atoms with van der Waals surface area (Å²) in [4.78, 5) is 12.2. The monoisotopic (exact) mass is 527 g/mol. The predicted octanol–water partition coefficient (Wildman–Crippen LogP) is 4.48. The topological polar surface area (TPSA) is 65.1 Å². The fraction of sp³-hybridized carbons (Fsp3) is 0.333. The van der Waals surface area contributed by atoms with E-state index in [2.05, 4.69) is 25.6 Å². The van der Waals surface area contributed by atoms with Crippen molar-refractivity contribution in [2.45, 2.75) is 25.1 Å². The SMILES string of the molecule is CN=C(NCCCc1nc2ccccc2[nH]1)NCc1ccc(F)cc1CSC.I. The van der Waals surface area contributed by atoms with E-state index >= 15 is 0 Å². The number of aryl methyl sites for hydroxylation is 1. The van der Waals surface area contributed by atoms with Gasteiger partial charge in [0.1, 0.15) is 11.6 Å². The van der Waals surface area contributed by atoms with Crippen molar-refractivity contribution in [3.05, 3.63) is 65.2 Å². The van der Waals surface area contributed by atoms with Gasteiger partial charge >= 0.3 is 0 Å². The maximum absolute atomic E-state index is 13.5. The zero-order valence-electron chi connectivity index (χ0n) is 16.7. The van der Waals surface area contributed by atoms with E-state index in [0.29, 0.717) is 6.54 Å². The number of hydrogen-bond donors (Lipinski definition) is 3. The largest absolute Gasteiger partial charge is 0.356 e. The van der Waals surface area contributed by atoms with Gasteiger partial charge in [-0.3, -0.25) is 4.99 Å². The van der Waals surface area contributed by atoms with Crippen molar-refractivity contribution in [2.24, 2.45) is 4.99 Å². The van der Waals surface area contributed by atoms with Gasteiger partial charge in [0.05, 0.1) is 11.0 Å². The lowest BCUT2D eigenvalue weighted by atomic mass is 10.1. The lowest BCUT2D eigenvalue weighted by Gasteiger charge is -2.14. The number of aromatic amines is 1. The van der Waals surface area contributed by atoms with Gasteiger partial charge in [-0.15, -0.1) is 24.0 Å². The second kappa shape index (κ2) is 12.0. The molecule has 0 aliphatic heterocycles. The Balaban J connectivity index is 0.00000300. The van der Waals surface area contributed by atoms with Crippen LogP contribution in [0.1, 0.15) is 23.4 Å². The van der Waals surface area contributed by atoms with Crippen molar-refractivity contribution < 1.29 is 4.39 Å². The zero-order valence-corrected chi connectivity index (χ0v) is 19.8. The fourth-order valence-electron chi connectivity index (χ4n) is 3.04. The second-order valence-corrected chi connectivity index (χ2v) is 7.37. The Morgan fingerprint density at radius 1 is 1.17 bits per heavy atom. The minimum Gasteiger partial charge on any atom is -0.356 e. The van der Waals surface area contributed by atoms with Crippen LogP contribution in [-0.2, 0) is 18.7 Å². The number of halogens is 2. The number of aromatic nitrogens is 2. The van der Waals surface area contributed by atoms with Gasteiger partial charge in [-0.25, -0.2) is 9.37 Å². The molecule has 0 saturated carbocycles. The molecule has 0 aliphatic rings. The van der Waals surface area contributed by atoms with E-state index in [-0.39, 0.29) is 29.8 Å². The number of benzene rings is 2. The highest BCUT2D eigenvalue weighted by Gasteiger charge is 2.06. The first-order valence-electron chi connectivity index (χ1n) is 9.34. The number of nitrogens with one attached hydrogen (secondary N) is 3. The summed E-state index contributed by atoms with van der Waals surface area (Å²) in [6, 6.07) is 13.0. The van der Waals surface area contributed by atoms with E-state index in [1.807, 2.05) is 36.6 Å². The molecule has 0 saturated heterocycles. The van der Waals surface area contributed by atoms with E-state index in [1.54, 1.807) is 24.9 Å². The average molecular weight is 527 g/mol. The van der Waals surface area contributed by atoms with Crippen molar-refractivity contribution in [3.8, 4) is 0 Å². The molecule has 0 aliphatic carbocycles. The third-order valence-corrected chi connectivity index (χ3v) is 5.06. The Kier molecular flexibility index (Phi) is 9.72. The highest BCUT2D eigenvalue weighted by Crippen LogP contribution is 2.16. The standard InChI is InChI=1S/C21H26FN5S.HI/c1-23-21(25-13-15-9-10-17(22)12-16(15)14-28-2)24-11-5-8-20-26-18-6-3-4-7-19(18)27-20;/h3-4,6-7,9-10,12H,5,8,11,13-14H2,1-2H3,(H,26,27)(H2,23,24,25);1H. The Bertz CT molecular complexity index is 911. The summed E-state index contributed by atoms with van der Waals surface area (Å²) in [5, 5.41) is 6.63. The molecule has 1 heterocycles. The van der Waals surface area contributed by atoms with Crippen molar-refractivity contribution in [3.63, 3.8) is 0 Å². The molecule has 0 spiro atoms. The van der Waals surface area contributed by atoms with Gasteiger partial charge in [0.2, 0.25) is 0 Å². The van der Waals surface area contributed by atoms with Crippen LogP contribution in [0.5, 0.6) is 0 Å². The van der Waals surface area contributed by atoms with Gasteiger partial charge in [0.25, 0.3) is 0 Å². The van der Waals surface area contributed by atoms with E-state index in [4.69, 9.17) is 0 Å². The molecule has 5 nitrogen and oxygen atoms in total. The quantitative estimate of drug-likeness (QED) is 0.175. The third-order valence-electron chi connectivity index (χ3n) is 4.46. The number of para-hydroxylation sites is 2. The molecule has 3 aromatic rings. The Hall–Kier alpha value is -1.81. The fourth-order valence-corrected chi connectivity index (χ4v) is 3.62. The smallest absolute Gasteiger partial charge is 0.191 e. The lowest BCUT2D eigenvalue weighted by molar-refractivity contribution is 0.625. The molecule has 0 fully saturated rings. The summed E-state index contributed by atoms with van der Waals surface area (Å²) < 4.78 is 13.5. The number of fused-ring (bicyclic) bond motifs is 1. The van der Waals surface area contributed by atoms with Crippen molar-refractivity contribution in [2.75, 3.05) is 19.8 Å².